The third-order valence-electron chi connectivity index (χ3n) is 2.25. The van der Waals surface area contributed by atoms with Gasteiger partial charge in [-0.2, -0.15) is 0 Å². The number of pyridine rings is 1. The maximum atomic E-state index is 6.18. The molecule has 0 spiro atoms. The first-order valence-electron chi connectivity index (χ1n) is 4.86. The van der Waals surface area contributed by atoms with Crippen molar-refractivity contribution in [2.45, 2.75) is 12.5 Å². The average Bonchev–Trinajstić information content (AvgIpc) is 2.59. The van der Waals surface area contributed by atoms with Crippen LogP contribution in [-0.2, 0) is 6.42 Å². The van der Waals surface area contributed by atoms with Crippen LogP contribution in [0.5, 0.6) is 0 Å². The van der Waals surface area contributed by atoms with Crippen LogP contribution in [0.4, 0.5) is 0 Å². The van der Waals surface area contributed by atoms with Gasteiger partial charge in [0.05, 0.1) is 3.79 Å². The summed E-state index contributed by atoms with van der Waals surface area (Å²) in [5, 5.41) is 0. The molecular formula is C11H9Br3N2S. The van der Waals surface area contributed by atoms with Crippen molar-refractivity contribution in [1.29, 1.82) is 0 Å². The van der Waals surface area contributed by atoms with Gasteiger partial charge in [0, 0.05) is 32.3 Å². The SMILES string of the molecule is NC(Cc1cncc(Br)c1)c1cc(Br)c(Br)s1. The lowest BCUT2D eigenvalue weighted by atomic mass is 10.1. The van der Waals surface area contributed by atoms with E-state index in [2.05, 4.69) is 58.8 Å². The van der Waals surface area contributed by atoms with E-state index in [1.54, 1.807) is 17.5 Å². The molecule has 2 N–H and O–H groups in total. The van der Waals surface area contributed by atoms with Crippen LogP contribution in [0.1, 0.15) is 16.5 Å². The molecule has 0 fully saturated rings. The van der Waals surface area contributed by atoms with Crippen LogP contribution < -0.4 is 5.73 Å². The molecule has 0 radical (unpaired) electrons. The van der Waals surface area contributed by atoms with E-state index in [-0.39, 0.29) is 6.04 Å². The molecule has 0 saturated carbocycles. The first-order chi connectivity index (χ1) is 8.06. The van der Waals surface area contributed by atoms with Gasteiger partial charge in [0.2, 0.25) is 0 Å². The molecule has 2 aromatic heterocycles. The van der Waals surface area contributed by atoms with Gasteiger partial charge in [0.15, 0.2) is 0 Å². The predicted octanol–water partition coefficient (Wildman–Crippen LogP) is 4.67. The highest BCUT2D eigenvalue weighted by atomic mass is 79.9. The minimum absolute atomic E-state index is 0.00120. The van der Waals surface area contributed by atoms with Crippen molar-refractivity contribution in [3.8, 4) is 0 Å². The van der Waals surface area contributed by atoms with Crippen molar-refractivity contribution in [1.82, 2.24) is 4.98 Å². The standard InChI is InChI=1S/C11H9Br3N2S/c12-7-1-6(4-16-5-7)2-9(15)10-3-8(13)11(14)17-10/h1,3-5,9H,2,15H2. The molecule has 2 rings (SSSR count). The van der Waals surface area contributed by atoms with E-state index in [0.717, 1.165) is 29.6 Å². The number of thiophene rings is 1. The van der Waals surface area contributed by atoms with Crippen molar-refractivity contribution in [2.75, 3.05) is 0 Å². The summed E-state index contributed by atoms with van der Waals surface area (Å²) in [6, 6.07) is 4.11. The molecule has 6 heteroatoms. The summed E-state index contributed by atoms with van der Waals surface area (Å²) in [7, 11) is 0. The average molecular weight is 441 g/mol. The highest BCUT2D eigenvalue weighted by Crippen LogP contribution is 2.35. The van der Waals surface area contributed by atoms with E-state index in [1.807, 2.05) is 12.3 Å². The third-order valence-corrected chi connectivity index (χ3v) is 6.07. The lowest BCUT2D eigenvalue weighted by Gasteiger charge is -2.09. The molecule has 0 bridgehead atoms. The fraction of sp³-hybridized carbons (Fsp3) is 0.182. The van der Waals surface area contributed by atoms with Crippen molar-refractivity contribution in [3.05, 3.63) is 47.7 Å². The Morgan fingerprint density at radius 1 is 1.24 bits per heavy atom. The molecule has 0 saturated heterocycles. The Morgan fingerprint density at radius 2 is 2.00 bits per heavy atom. The smallest absolute Gasteiger partial charge is 0.0843 e. The first-order valence-corrected chi connectivity index (χ1v) is 8.05. The zero-order valence-corrected chi connectivity index (χ0v) is 14.2. The van der Waals surface area contributed by atoms with Crippen molar-refractivity contribution in [3.63, 3.8) is 0 Å². The summed E-state index contributed by atoms with van der Waals surface area (Å²) in [6.07, 6.45) is 4.40. The Labute approximate surface area is 129 Å². The minimum atomic E-state index is -0.00120. The van der Waals surface area contributed by atoms with Gasteiger partial charge in [0.25, 0.3) is 0 Å². The predicted molar refractivity (Wildman–Crippen MR) is 82.3 cm³/mol. The molecule has 17 heavy (non-hydrogen) atoms. The van der Waals surface area contributed by atoms with E-state index in [1.165, 1.54) is 0 Å². The van der Waals surface area contributed by atoms with Crippen LogP contribution >= 0.6 is 59.1 Å². The molecule has 2 nitrogen and oxygen atoms in total. The monoisotopic (exact) mass is 438 g/mol. The molecular weight excluding hydrogens is 432 g/mol. The highest BCUT2D eigenvalue weighted by molar-refractivity contribution is 9.13. The summed E-state index contributed by atoms with van der Waals surface area (Å²) in [4.78, 5) is 5.29. The quantitative estimate of drug-likeness (QED) is 0.753. The van der Waals surface area contributed by atoms with E-state index < -0.39 is 0 Å². The number of rotatable bonds is 3. The van der Waals surface area contributed by atoms with Gasteiger partial charge in [-0.25, -0.2) is 0 Å². The second-order valence-electron chi connectivity index (χ2n) is 3.59. The van der Waals surface area contributed by atoms with Gasteiger partial charge in [0.1, 0.15) is 0 Å². The molecule has 0 aromatic carbocycles. The van der Waals surface area contributed by atoms with Crippen molar-refractivity contribution >= 4 is 59.1 Å². The van der Waals surface area contributed by atoms with Gasteiger partial charge in [-0.05, 0) is 71.9 Å². The van der Waals surface area contributed by atoms with Crippen LogP contribution in [-0.4, -0.2) is 4.98 Å². The maximum absolute atomic E-state index is 6.18. The third kappa shape index (κ3) is 3.61. The molecule has 2 aromatic rings. The van der Waals surface area contributed by atoms with Gasteiger partial charge < -0.3 is 5.73 Å². The maximum Gasteiger partial charge on any atom is 0.0843 e. The van der Waals surface area contributed by atoms with Gasteiger partial charge in [-0.1, -0.05) is 0 Å². The van der Waals surface area contributed by atoms with Crippen LogP contribution in [0.15, 0.2) is 37.3 Å². The fourth-order valence-corrected chi connectivity index (χ4v) is 3.97. The zero-order valence-electron chi connectivity index (χ0n) is 8.66. The lowest BCUT2D eigenvalue weighted by molar-refractivity contribution is 0.733. The summed E-state index contributed by atoms with van der Waals surface area (Å²) in [6.45, 7) is 0. The van der Waals surface area contributed by atoms with Gasteiger partial charge >= 0.3 is 0 Å². The molecule has 90 valence electrons. The van der Waals surface area contributed by atoms with Crippen molar-refractivity contribution < 1.29 is 0 Å². The molecule has 1 atom stereocenters. The largest absolute Gasteiger partial charge is 0.323 e. The van der Waals surface area contributed by atoms with E-state index in [4.69, 9.17) is 5.73 Å². The summed E-state index contributed by atoms with van der Waals surface area (Å²) in [5.41, 5.74) is 7.32. The molecule has 0 aliphatic heterocycles. The minimum Gasteiger partial charge on any atom is -0.323 e. The number of nitrogens with zero attached hydrogens (tertiary/aromatic N) is 1. The van der Waals surface area contributed by atoms with Crippen LogP contribution in [0.3, 0.4) is 0 Å². The normalized spacial score (nSPS) is 12.7. The highest BCUT2D eigenvalue weighted by Gasteiger charge is 2.12. The number of hydrogen-bond acceptors (Lipinski definition) is 3. The molecule has 0 aliphatic rings. The van der Waals surface area contributed by atoms with E-state index in [9.17, 15) is 0 Å². The Kier molecular flexibility index (Phi) is 4.77. The second kappa shape index (κ2) is 5.93. The molecule has 2 heterocycles. The summed E-state index contributed by atoms with van der Waals surface area (Å²) in [5.74, 6) is 0. The van der Waals surface area contributed by atoms with Crippen LogP contribution in [0, 0.1) is 0 Å². The number of hydrogen-bond donors (Lipinski definition) is 1. The number of aromatic nitrogens is 1. The van der Waals surface area contributed by atoms with E-state index >= 15 is 0 Å². The molecule has 0 amide bonds. The fourth-order valence-electron chi connectivity index (χ4n) is 1.47. The zero-order chi connectivity index (χ0) is 12.4. The Balaban J connectivity index is 2.14. The van der Waals surface area contributed by atoms with Crippen molar-refractivity contribution in [2.24, 2.45) is 5.73 Å². The van der Waals surface area contributed by atoms with E-state index in [0.29, 0.717) is 0 Å². The topological polar surface area (TPSA) is 38.9 Å². The second-order valence-corrected chi connectivity index (χ2v) is 7.76. The number of nitrogens with two attached hydrogens (primary N) is 1. The Hall–Kier alpha value is 0.250. The Morgan fingerprint density at radius 3 is 2.59 bits per heavy atom. The molecule has 1 unspecified atom stereocenters. The summed E-state index contributed by atoms with van der Waals surface area (Å²) < 4.78 is 3.12. The first kappa shape index (κ1) is 13.7. The van der Waals surface area contributed by atoms with Crippen LogP contribution in [0.2, 0.25) is 0 Å². The van der Waals surface area contributed by atoms with Gasteiger partial charge in [-0.15, -0.1) is 11.3 Å². The van der Waals surface area contributed by atoms with Gasteiger partial charge in [-0.3, -0.25) is 4.98 Å². The van der Waals surface area contributed by atoms with Crippen LogP contribution in [0.25, 0.3) is 0 Å². The lowest BCUT2D eigenvalue weighted by Crippen LogP contribution is -2.11. The number of halogens is 3. The summed E-state index contributed by atoms with van der Waals surface area (Å²) >= 11 is 12.0. The molecule has 0 aliphatic carbocycles. The Bertz CT molecular complexity index is 508.